The number of hydrogen-bond acceptors (Lipinski definition) is 6. The Bertz CT molecular complexity index is 1510. The van der Waals surface area contributed by atoms with Crippen molar-refractivity contribution in [3.05, 3.63) is 81.9 Å². The topological polar surface area (TPSA) is 71.1 Å². The molecule has 46 heavy (non-hydrogen) atoms. The molecule has 0 heterocycles. The highest BCUT2D eigenvalue weighted by molar-refractivity contribution is 7.41. The molecule has 0 saturated heterocycles. The standard InChI is InChI=1S/C38H54O6P2/c1-12-16-18-31-22-21-27(6)36(30(31)9)42-38(11,15-4)46(40)44-34-20-17-19-33(25-34)43-45(39)37(10,14-3)41-35-28(7)23-32(24-29(35)8)26(5)13-2/h17,19-26H,12-16,18H2,1-11H3/q+2. The van der Waals surface area contributed by atoms with E-state index in [-0.39, 0.29) is 0 Å². The average molecular weight is 669 g/mol. The minimum Gasteiger partial charge on any atom is -0.441 e. The zero-order valence-corrected chi connectivity index (χ0v) is 31.6. The Kier molecular flexibility index (Phi) is 13.3. The molecule has 3 rings (SSSR count). The fourth-order valence-corrected chi connectivity index (χ4v) is 7.06. The predicted molar refractivity (Wildman–Crippen MR) is 191 cm³/mol. The van der Waals surface area contributed by atoms with Crippen molar-refractivity contribution in [1.82, 2.24) is 0 Å². The van der Waals surface area contributed by atoms with Gasteiger partial charge in [-0.3, -0.25) is 9.05 Å². The van der Waals surface area contributed by atoms with Gasteiger partial charge >= 0.3 is 26.7 Å². The van der Waals surface area contributed by atoms with E-state index in [1.165, 1.54) is 11.1 Å². The molecule has 0 N–H and O–H groups in total. The van der Waals surface area contributed by atoms with E-state index in [0.717, 1.165) is 59.4 Å². The van der Waals surface area contributed by atoms with E-state index in [0.29, 0.717) is 30.3 Å². The summed E-state index contributed by atoms with van der Waals surface area (Å²) in [6.45, 7) is 22.2. The van der Waals surface area contributed by atoms with E-state index in [1.54, 1.807) is 24.3 Å². The molecule has 3 aromatic carbocycles. The lowest BCUT2D eigenvalue weighted by Gasteiger charge is -2.23. The van der Waals surface area contributed by atoms with Crippen LogP contribution in [-0.2, 0) is 15.6 Å². The van der Waals surface area contributed by atoms with Crippen LogP contribution in [-0.4, -0.2) is 10.7 Å². The van der Waals surface area contributed by atoms with Gasteiger partial charge in [0, 0.05) is 32.8 Å². The smallest absolute Gasteiger partial charge is 0.441 e. The van der Waals surface area contributed by atoms with Crippen molar-refractivity contribution in [3.8, 4) is 23.0 Å². The minimum atomic E-state index is -2.31. The van der Waals surface area contributed by atoms with Gasteiger partial charge in [-0.25, -0.2) is 0 Å². The number of ether oxygens (including phenoxy) is 2. The fraction of sp³-hybridized carbons (Fsp3) is 0.526. The molecule has 0 aromatic heterocycles. The van der Waals surface area contributed by atoms with Gasteiger partial charge in [0.05, 0.1) is 0 Å². The summed E-state index contributed by atoms with van der Waals surface area (Å²) in [5.74, 6) is 2.64. The molecule has 3 aromatic rings. The monoisotopic (exact) mass is 668 g/mol. The van der Waals surface area contributed by atoms with Gasteiger partial charge in [-0.1, -0.05) is 71.4 Å². The van der Waals surface area contributed by atoms with E-state index in [1.807, 2.05) is 48.5 Å². The summed E-state index contributed by atoms with van der Waals surface area (Å²) in [6, 6.07) is 15.3. The Morgan fingerprint density at radius 2 is 1.24 bits per heavy atom. The number of unbranched alkanes of at least 4 members (excludes halogenated alkanes) is 1. The third-order valence-electron chi connectivity index (χ3n) is 9.09. The largest absolute Gasteiger partial charge is 0.604 e. The summed E-state index contributed by atoms with van der Waals surface area (Å²) in [6.07, 6.45) is 5.20. The van der Waals surface area contributed by atoms with Crippen molar-refractivity contribution >= 4 is 16.1 Å². The highest BCUT2D eigenvalue weighted by Gasteiger charge is 2.51. The number of aryl methyl sites for hydroxylation is 4. The molecule has 0 fully saturated rings. The molecular formula is C38H54O6P2+2. The first-order valence-electron chi connectivity index (χ1n) is 16.7. The molecule has 0 amide bonds. The number of rotatable bonds is 17. The Morgan fingerprint density at radius 3 is 1.72 bits per heavy atom. The van der Waals surface area contributed by atoms with Crippen LogP contribution in [0.25, 0.3) is 0 Å². The molecule has 8 heteroatoms. The Labute approximate surface area is 279 Å². The first-order valence-corrected chi connectivity index (χ1v) is 19.1. The SMILES string of the molecule is CCCCc1ccc(C)c(OC(C)(CC)[P+](=O)Oc2cccc(O[P+](=O)C(C)(CC)Oc3c(C)cc(C(C)CC)cc3C)c2)c1C. The predicted octanol–water partition coefficient (Wildman–Crippen LogP) is 12.4. The fourth-order valence-electron chi connectivity index (χ4n) is 5.22. The van der Waals surface area contributed by atoms with Gasteiger partial charge in [-0.15, -0.1) is 0 Å². The van der Waals surface area contributed by atoms with Crippen LogP contribution in [0.15, 0.2) is 48.5 Å². The van der Waals surface area contributed by atoms with E-state index < -0.39 is 26.7 Å². The minimum absolute atomic E-state index is 0.347. The van der Waals surface area contributed by atoms with Gasteiger partial charge in [0.2, 0.25) is 0 Å². The molecule has 0 aliphatic rings. The molecule has 0 saturated carbocycles. The van der Waals surface area contributed by atoms with Crippen molar-refractivity contribution in [2.75, 3.05) is 0 Å². The van der Waals surface area contributed by atoms with Gasteiger partial charge in [0.1, 0.15) is 11.5 Å². The average Bonchev–Trinajstić information content (AvgIpc) is 3.03. The second kappa shape index (κ2) is 16.2. The lowest BCUT2D eigenvalue weighted by molar-refractivity contribution is 0.156. The molecule has 5 unspecified atom stereocenters. The van der Waals surface area contributed by atoms with Crippen LogP contribution >= 0.6 is 16.1 Å². The zero-order chi connectivity index (χ0) is 34.2. The van der Waals surface area contributed by atoms with Crippen molar-refractivity contribution in [1.29, 1.82) is 0 Å². The van der Waals surface area contributed by atoms with E-state index in [2.05, 4.69) is 52.0 Å². The molecule has 6 nitrogen and oxygen atoms in total. The summed E-state index contributed by atoms with van der Waals surface area (Å²) in [5.41, 5.74) is 6.61. The van der Waals surface area contributed by atoms with Crippen molar-refractivity contribution in [2.24, 2.45) is 0 Å². The maximum absolute atomic E-state index is 13.7. The second-order valence-electron chi connectivity index (χ2n) is 12.8. The van der Waals surface area contributed by atoms with Crippen LogP contribution in [0.4, 0.5) is 0 Å². The molecule has 5 atom stereocenters. The molecular weight excluding hydrogens is 614 g/mol. The first-order chi connectivity index (χ1) is 21.7. The van der Waals surface area contributed by atoms with Gasteiger partial charge in [-0.2, -0.15) is 0 Å². The first kappa shape index (κ1) is 37.5. The zero-order valence-electron chi connectivity index (χ0n) is 29.8. The molecule has 250 valence electrons. The quantitative estimate of drug-likeness (QED) is 0.133. The van der Waals surface area contributed by atoms with Crippen LogP contribution in [0.1, 0.15) is 120 Å². The van der Waals surface area contributed by atoms with Crippen LogP contribution < -0.4 is 18.5 Å². The van der Waals surface area contributed by atoms with Crippen molar-refractivity contribution in [3.63, 3.8) is 0 Å². The maximum atomic E-state index is 13.7. The van der Waals surface area contributed by atoms with Gasteiger partial charge in [0.25, 0.3) is 0 Å². The molecule has 0 bridgehead atoms. The normalized spacial score (nSPS) is 15.3. The van der Waals surface area contributed by atoms with Crippen molar-refractivity contribution < 1.29 is 27.7 Å². The molecule has 0 aliphatic carbocycles. The Hall–Kier alpha value is -2.94. The van der Waals surface area contributed by atoms with Gasteiger partial charge in [-0.05, 0) is 108 Å². The van der Waals surface area contributed by atoms with Gasteiger partial charge in [0.15, 0.2) is 11.5 Å². The molecule has 0 radical (unpaired) electrons. The highest BCUT2D eigenvalue weighted by Crippen LogP contribution is 2.49. The Balaban J connectivity index is 1.78. The van der Waals surface area contributed by atoms with Crippen molar-refractivity contribution in [2.45, 2.75) is 131 Å². The number of benzene rings is 3. The molecule has 0 spiro atoms. The van der Waals surface area contributed by atoms with Gasteiger partial charge < -0.3 is 9.47 Å². The van der Waals surface area contributed by atoms with E-state index >= 15 is 0 Å². The summed E-state index contributed by atoms with van der Waals surface area (Å²) in [7, 11) is -4.61. The lowest BCUT2D eigenvalue weighted by Crippen LogP contribution is -2.29. The summed E-state index contributed by atoms with van der Waals surface area (Å²) in [5, 5.41) is -2.13. The van der Waals surface area contributed by atoms with E-state index in [9.17, 15) is 9.13 Å². The lowest BCUT2D eigenvalue weighted by atomic mass is 9.94. The van der Waals surface area contributed by atoms with E-state index in [4.69, 9.17) is 18.5 Å². The highest BCUT2D eigenvalue weighted by atomic mass is 31.1. The van der Waals surface area contributed by atoms with Crippen LogP contribution in [0, 0.1) is 27.7 Å². The maximum Gasteiger partial charge on any atom is 0.604 e. The third-order valence-corrected chi connectivity index (χ3v) is 12.2. The summed E-state index contributed by atoms with van der Waals surface area (Å²) >= 11 is 0. The third kappa shape index (κ3) is 8.90. The number of hydrogen-bond donors (Lipinski definition) is 0. The summed E-state index contributed by atoms with van der Waals surface area (Å²) in [4.78, 5) is 0. The van der Waals surface area contributed by atoms with Crippen LogP contribution in [0.2, 0.25) is 0 Å². The second-order valence-corrected chi connectivity index (χ2v) is 16.1. The van der Waals surface area contributed by atoms with Crippen LogP contribution in [0.3, 0.4) is 0 Å². The van der Waals surface area contributed by atoms with Crippen LogP contribution in [0.5, 0.6) is 23.0 Å². The molecule has 0 aliphatic heterocycles. The summed E-state index contributed by atoms with van der Waals surface area (Å²) < 4.78 is 52.4. The Morgan fingerprint density at radius 1 is 0.717 bits per heavy atom.